The van der Waals surface area contributed by atoms with E-state index in [1.165, 1.54) is 10.4 Å². The maximum Gasteiger partial charge on any atom is 0.251 e. The van der Waals surface area contributed by atoms with Gasteiger partial charge >= 0.3 is 0 Å². The van der Waals surface area contributed by atoms with E-state index < -0.39 is 10.0 Å². The number of nitrogens with one attached hydrogen (secondary N) is 1. The van der Waals surface area contributed by atoms with Crippen molar-refractivity contribution in [3.8, 4) is 0 Å². The van der Waals surface area contributed by atoms with Gasteiger partial charge in [0.15, 0.2) is 0 Å². The van der Waals surface area contributed by atoms with Crippen molar-refractivity contribution in [2.75, 3.05) is 26.2 Å². The number of amides is 1. The lowest BCUT2D eigenvalue weighted by molar-refractivity contribution is 0.0939. The number of carbonyl (C=O) groups excluding carboxylic acids is 1. The van der Waals surface area contributed by atoms with Crippen molar-refractivity contribution < 1.29 is 13.2 Å². The second kappa shape index (κ2) is 10.2. The van der Waals surface area contributed by atoms with Gasteiger partial charge in [-0.2, -0.15) is 4.31 Å². The minimum atomic E-state index is -3.60. The molecule has 1 amide bonds. The van der Waals surface area contributed by atoms with E-state index in [2.05, 4.69) is 37.9 Å². The van der Waals surface area contributed by atoms with E-state index >= 15 is 0 Å². The highest BCUT2D eigenvalue weighted by Gasteiger charge is 2.24. The van der Waals surface area contributed by atoms with Gasteiger partial charge in [0.1, 0.15) is 0 Å². The van der Waals surface area contributed by atoms with Crippen molar-refractivity contribution in [1.29, 1.82) is 0 Å². The fourth-order valence-corrected chi connectivity index (χ4v) is 4.94. The Morgan fingerprint density at radius 1 is 1.07 bits per heavy atom. The SMILES string of the molecule is CCN(CC)S(=O)(=O)c1cc(C(=O)NCCN(C(C)C)C(C)C)ccc1C. The lowest BCUT2D eigenvalue weighted by Crippen LogP contribution is -2.42. The number of hydrogen-bond donors (Lipinski definition) is 1. The van der Waals surface area contributed by atoms with Crippen LogP contribution in [0.1, 0.15) is 57.5 Å². The summed E-state index contributed by atoms with van der Waals surface area (Å²) in [5, 5.41) is 2.91. The monoisotopic (exact) mass is 397 g/mol. The predicted octanol–water partition coefficient (Wildman–Crippen LogP) is 2.87. The molecule has 0 aliphatic rings. The molecule has 0 fully saturated rings. The standard InChI is InChI=1S/C20H35N3O3S/c1-8-22(9-2)27(25,26)19-14-18(11-10-17(19)7)20(24)21-12-13-23(15(3)4)16(5)6/h10-11,14-16H,8-9,12-13H2,1-7H3,(H,21,24). The number of sulfonamides is 1. The van der Waals surface area contributed by atoms with Gasteiger partial charge in [-0.25, -0.2) is 8.42 Å². The second-order valence-corrected chi connectivity index (χ2v) is 9.16. The molecule has 1 aromatic carbocycles. The van der Waals surface area contributed by atoms with Crippen LogP contribution in [0.4, 0.5) is 0 Å². The highest BCUT2D eigenvalue weighted by atomic mass is 32.2. The third kappa shape index (κ3) is 6.02. The molecule has 27 heavy (non-hydrogen) atoms. The summed E-state index contributed by atoms with van der Waals surface area (Å²) in [6.07, 6.45) is 0. The average molecular weight is 398 g/mol. The Bertz CT molecular complexity index is 718. The van der Waals surface area contributed by atoms with Gasteiger partial charge in [0, 0.05) is 43.8 Å². The molecule has 0 radical (unpaired) electrons. The molecule has 0 saturated carbocycles. The molecule has 1 rings (SSSR count). The van der Waals surface area contributed by atoms with Crippen LogP contribution in [0.25, 0.3) is 0 Å². The lowest BCUT2D eigenvalue weighted by Gasteiger charge is -2.30. The van der Waals surface area contributed by atoms with Gasteiger partial charge in [-0.15, -0.1) is 0 Å². The van der Waals surface area contributed by atoms with E-state index in [0.29, 0.717) is 42.8 Å². The molecule has 0 aliphatic heterocycles. The van der Waals surface area contributed by atoms with E-state index in [9.17, 15) is 13.2 Å². The normalized spacial score (nSPS) is 12.4. The van der Waals surface area contributed by atoms with Crippen LogP contribution >= 0.6 is 0 Å². The zero-order valence-corrected chi connectivity index (χ0v) is 18.6. The van der Waals surface area contributed by atoms with Crippen LogP contribution in [0, 0.1) is 6.92 Å². The van der Waals surface area contributed by atoms with Crippen LogP contribution in [0.3, 0.4) is 0 Å². The summed E-state index contributed by atoms with van der Waals surface area (Å²) >= 11 is 0. The molecule has 0 aliphatic carbocycles. The summed E-state index contributed by atoms with van der Waals surface area (Å²) in [6, 6.07) is 5.65. The highest BCUT2D eigenvalue weighted by molar-refractivity contribution is 7.89. The van der Waals surface area contributed by atoms with Crippen LogP contribution in [0.5, 0.6) is 0 Å². The summed E-state index contributed by atoms with van der Waals surface area (Å²) in [4.78, 5) is 15.0. The number of rotatable bonds is 10. The average Bonchev–Trinajstić information content (AvgIpc) is 2.58. The largest absolute Gasteiger partial charge is 0.351 e. The fraction of sp³-hybridized carbons (Fsp3) is 0.650. The zero-order chi connectivity index (χ0) is 20.8. The summed E-state index contributed by atoms with van der Waals surface area (Å²) in [7, 11) is -3.60. The molecule has 1 aromatic rings. The third-order valence-electron chi connectivity index (χ3n) is 4.76. The molecule has 0 aromatic heterocycles. The summed E-state index contributed by atoms with van der Waals surface area (Å²) in [6.45, 7) is 15.9. The van der Waals surface area contributed by atoms with E-state index in [1.54, 1.807) is 19.1 Å². The quantitative estimate of drug-likeness (QED) is 0.659. The van der Waals surface area contributed by atoms with Crippen molar-refractivity contribution in [2.24, 2.45) is 0 Å². The molecule has 0 heterocycles. The minimum Gasteiger partial charge on any atom is -0.351 e. The first-order chi connectivity index (χ1) is 12.6. The Kier molecular flexibility index (Phi) is 8.91. The fourth-order valence-electron chi connectivity index (χ4n) is 3.24. The second-order valence-electron chi connectivity index (χ2n) is 7.25. The minimum absolute atomic E-state index is 0.199. The third-order valence-corrected chi connectivity index (χ3v) is 6.95. The molecule has 0 unspecified atom stereocenters. The summed E-state index contributed by atoms with van der Waals surface area (Å²) in [5.41, 5.74) is 1.01. The van der Waals surface area contributed by atoms with Gasteiger partial charge in [0.05, 0.1) is 4.90 Å². The first-order valence-corrected chi connectivity index (χ1v) is 11.1. The molecule has 0 saturated heterocycles. The number of carbonyl (C=O) groups is 1. The molecule has 6 nitrogen and oxygen atoms in total. The molecule has 0 bridgehead atoms. The highest BCUT2D eigenvalue weighted by Crippen LogP contribution is 2.21. The molecule has 0 spiro atoms. The van der Waals surface area contributed by atoms with Crippen molar-refractivity contribution in [2.45, 2.75) is 65.4 Å². The Morgan fingerprint density at radius 3 is 2.11 bits per heavy atom. The smallest absolute Gasteiger partial charge is 0.251 e. The number of benzene rings is 1. The molecular formula is C20H35N3O3S. The molecular weight excluding hydrogens is 362 g/mol. The van der Waals surface area contributed by atoms with Gasteiger partial charge in [-0.3, -0.25) is 9.69 Å². The molecule has 1 N–H and O–H groups in total. The summed E-state index contributed by atoms with van der Waals surface area (Å²) < 4.78 is 27.1. The van der Waals surface area contributed by atoms with Crippen molar-refractivity contribution >= 4 is 15.9 Å². The Morgan fingerprint density at radius 2 is 1.63 bits per heavy atom. The predicted molar refractivity (Wildman–Crippen MR) is 111 cm³/mol. The van der Waals surface area contributed by atoms with Gasteiger partial charge in [-0.05, 0) is 52.3 Å². The molecule has 154 valence electrons. The van der Waals surface area contributed by atoms with Crippen LogP contribution in [0.2, 0.25) is 0 Å². The van der Waals surface area contributed by atoms with Crippen LogP contribution in [-0.4, -0.2) is 61.8 Å². The van der Waals surface area contributed by atoms with Gasteiger partial charge in [0.2, 0.25) is 10.0 Å². The van der Waals surface area contributed by atoms with E-state index in [4.69, 9.17) is 0 Å². The maximum absolute atomic E-state index is 12.8. The molecule has 7 heteroatoms. The topological polar surface area (TPSA) is 69.7 Å². The first-order valence-electron chi connectivity index (χ1n) is 9.70. The number of aryl methyl sites for hydroxylation is 1. The van der Waals surface area contributed by atoms with Crippen LogP contribution in [-0.2, 0) is 10.0 Å². The van der Waals surface area contributed by atoms with E-state index in [0.717, 1.165) is 6.54 Å². The first kappa shape index (κ1) is 23.6. The van der Waals surface area contributed by atoms with Crippen LogP contribution < -0.4 is 5.32 Å². The molecule has 0 atom stereocenters. The lowest BCUT2D eigenvalue weighted by atomic mass is 10.1. The van der Waals surface area contributed by atoms with Crippen LogP contribution in [0.15, 0.2) is 23.1 Å². The van der Waals surface area contributed by atoms with Gasteiger partial charge < -0.3 is 5.32 Å². The Balaban J connectivity index is 2.95. The zero-order valence-electron chi connectivity index (χ0n) is 17.7. The van der Waals surface area contributed by atoms with Gasteiger partial charge in [0.25, 0.3) is 5.91 Å². The maximum atomic E-state index is 12.8. The van der Waals surface area contributed by atoms with E-state index in [-0.39, 0.29) is 10.8 Å². The van der Waals surface area contributed by atoms with E-state index in [1.807, 2.05) is 13.8 Å². The number of hydrogen-bond acceptors (Lipinski definition) is 4. The van der Waals surface area contributed by atoms with Gasteiger partial charge in [-0.1, -0.05) is 19.9 Å². The Hall–Kier alpha value is -1.44. The number of nitrogens with zero attached hydrogens (tertiary/aromatic N) is 2. The van der Waals surface area contributed by atoms with Crippen molar-refractivity contribution in [3.63, 3.8) is 0 Å². The van der Waals surface area contributed by atoms with Crippen molar-refractivity contribution in [1.82, 2.24) is 14.5 Å². The Labute approximate surface area is 165 Å². The van der Waals surface area contributed by atoms with Crippen molar-refractivity contribution in [3.05, 3.63) is 29.3 Å². The summed E-state index contributed by atoms with van der Waals surface area (Å²) in [5.74, 6) is -0.251.